The van der Waals surface area contributed by atoms with Crippen LogP contribution in [-0.2, 0) is 0 Å². The lowest BCUT2D eigenvalue weighted by molar-refractivity contribution is 0.141. The highest BCUT2D eigenvalue weighted by atomic mass is 79.9. The van der Waals surface area contributed by atoms with Gasteiger partial charge in [-0.15, -0.1) is 0 Å². The summed E-state index contributed by atoms with van der Waals surface area (Å²) >= 11 is 3.49. The molecule has 0 saturated carbocycles. The summed E-state index contributed by atoms with van der Waals surface area (Å²) in [4.78, 5) is 2.52. The first-order chi connectivity index (χ1) is 8.70. The minimum absolute atomic E-state index is 0.431. The minimum Gasteiger partial charge on any atom is -0.307 e. The van der Waals surface area contributed by atoms with Crippen LogP contribution < -0.4 is 5.32 Å². The van der Waals surface area contributed by atoms with E-state index in [9.17, 15) is 0 Å². The zero-order chi connectivity index (χ0) is 13.0. The number of nitrogens with one attached hydrogen (secondary N) is 1. The van der Waals surface area contributed by atoms with Gasteiger partial charge in [0.1, 0.15) is 0 Å². The van der Waals surface area contributed by atoms with Crippen LogP contribution in [-0.4, -0.2) is 30.6 Å². The number of rotatable bonds is 4. The third-order valence-corrected chi connectivity index (χ3v) is 3.83. The van der Waals surface area contributed by atoms with Gasteiger partial charge in [0, 0.05) is 36.2 Å². The zero-order valence-corrected chi connectivity index (χ0v) is 12.5. The molecule has 0 aromatic heterocycles. The Hall–Kier alpha value is -0.640. The standard InChI is InChI=1S/C15H21BrN2/c1-3-14-9-17-15(11-18(14)10-12(2)16)13-7-5-4-6-8-13/h4-8,14-15,17H,2-3,9-11H2,1H3. The minimum atomic E-state index is 0.431. The number of nitrogens with zero attached hydrogens (tertiary/aromatic N) is 1. The van der Waals surface area contributed by atoms with Crippen LogP contribution >= 0.6 is 15.9 Å². The molecular weight excluding hydrogens is 288 g/mol. The van der Waals surface area contributed by atoms with Gasteiger partial charge in [-0.2, -0.15) is 0 Å². The molecule has 1 aromatic carbocycles. The van der Waals surface area contributed by atoms with Crippen LogP contribution in [0.4, 0.5) is 0 Å². The Balaban J connectivity index is 2.06. The Morgan fingerprint density at radius 3 is 2.78 bits per heavy atom. The fourth-order valence-corrected chi connectivity index (χ4v) is 2.90. The van der Waals surface area contributed by atoms with Crippen LogP contribution in [0.1, 0.15) is 24.9 Å². The number of piperazine rings is 1. The third-order valence-electron chi connectivity index (χ3n) is 3.58. The summed E-state index contributed by atoms with van der Waals surface area (Å²) in [7, 11) is 0. The van der Waals surface area contributed by atoms with Crippen LogP contribution in [0.15, 0.2) is 41.4 Å². The van der Waals surface area contributed by atoms with Crippen LogP contribution in [0.3, 0.4) is 0 Å². The molecule has 2 rings (SSSR count). The summed E-state index contributed by atoms with van der Waals surface area (Å²) in [6.07, 6.45) is 1.18. The van der Waals surface area contributed by atoms with E-state index in [0.717, 1.165) is 24.1 Å². The predicted molar refractivity (Wildman–Crippen MR) is 80.9 cm³/mol. The average Bonchev–Trinajstić information content (AvgIpc) is 2.39. The third kappa shape index (κ3) is 3.44. The summed E-state index contributed by atoms with van der Waals surface area (Å²) in [6, 6.07) is 11.7. The van der Waals surface area contributed by atoms with Crippen molar-refractivity contribution in [2.75, 3.05) is 19.6 Å². The topological polar surface area (TPSA) is 15.3 Å². The molecule has 2 unspecified atom stereocenters. The maximum Gasteiger partial charge on any atom is 0.0450 e. The molecule has 3 heteroatoms. The molecule has 2 atom stereocenters. The monoisotopic (exact) mass is 308 g/mol. The Morgan fingerprint density at radius 1 is 1.44 bits per heavy atom. The van der Waals surface area contributed by atoms with E-state index < -0.39 is 0 Å². The van der Waals surface area contributed by atoms with E-state index >= 15 is 0 Å². The molecular formula is C15H21BrN2. The molecule has 0 amide bonds. The van der Waals surface area contributed by atoms with E-state index in [1.165, 1.54) is 12.0 Å². The van der Waals surface area contributed by atoms with Crippen LogP contribution in [0, 0.1) is 0 Å². The van der Waals surface area contributed by atoms with Gasteiger partial charge in [-0.1, -0.05) is 59.8 Å². The van der Waals surface area contributed by atoms with Gasteiger partial charge in [0.05, 0.1) is 0 Å². The van der Waals surface area contributed by atoms with Gasteiger partial charge in [0.25, 0.3) is 0 Å². The quantitative estimate of drug-likeness (QED) is 0.918. The maximum atomic E-state index is 3.97. The van der Waals surface area contributed by atoms with Crippen LogP contribution in [0.25, 0.3) is 0 Å². The molecule has 0 spiro atoms. The Kier molecular flexibility index (Phi) is 4.98. The molecule has 1 heterocycles. The molecule has 98 valence electrons. The Bertz CT molecular complexity index is 391. The Labute approximate surface area is 118 Å². The van der Waals surface area contributed by atoms with Gasteiger partial charge < -0.3 is 5.32 Å². The van der Waals surface area contributed by atoms with Gasteiger partial charge >= 0.3 is 0 Å². The molecule has 1 aliphatic rings. The second kappa shape index (κ2) is 6.50. The first-order valence-electron chi connectivity index (χ1n) is 6.56. The highest BCUT2D eigenvalue weighted by molar-refractivity contribution is 9.11. The van der Waals surface area contributed by atoms with Gasteiger partial charge in [-0.05, 0) is 12.0 Å². The summed E-state index contributed by atoms with van der Waals surface area (Å²) in [6.45, 7) is 9.25. The summed E-state index contributed by atoms with van der Waals surface area (Å²) in [5, 5.41) is 3.65. The fourth-order valence-electron chi connectivity index (χ4n) is 2.58. The van der Waals surface area contributed by atoms with Crippen molar-refractivity contribution in [2.24, 2.45) is 0 Å². The lowest BCUT2D eigenvalue weighted by Crippen LogP contribution is -2.52. The lowest BCUT2D eigenvalue weighted by atomic mass is 10.0. The van der Waals surface area contributed by atoms with Crippen molar-refractivity contribution >= 4 is 15.9 Å². The molecule has 2 nitrogen and oxygen atoms in total. The SMILES string of the molecule is C=C(Br)CN1CC(c2ccccc2)NCC1CC. The first kappa shape index (κ1) is 13.8. The van der Waals surface area contributed by atoms with Gasteiger partial charge in [-0.25, -0.2) is 0 Å². The van der Waals surface area contributed by atoms with Crippen molar-refractivity contribution in [3.63, 3.8) is 0 Å². The number of hydrogen-bond donors (Lipinski definition) is 1. The Morgan fingerprint density at radius 2 is 2.17 bits per heavy atom. The second-order valence-electron chi connectivity index (χ2n) is 4.88. The van der Waals surface area contributed by atoms with Gasteiger partial charge in [0.15, 0.2) is 0 Å². The molecule has 0 radical (unpaired) electrons. The molecule has 1 aromatic rings. The molecule has 1 saturated heterocycles. The van der Waals surface area contributed by atoms with E-state index in [0.29, 0.717) is 12.1 Å². The van der Waals surface area contributed by atoms with Crippen molar-refractivity contribution in [1.82, 2.24) is 10.2 Å². The predicted octanol–water partition coefficient (Wildman–Crippen LogP) is 3.32. The highest BCUT2D eigenvalue weighted by Gasteiger charge is 2.27. The van der Waals surface area contributed by atoms with Gasteiger partial charge in [-0.3, -0.25) is 4.90 Å². The lowest BCUT2D eigenvalue weighted by Gasteiger charge is -2.40. The first-order valence-corrected chi connectivity index (χ1v) is 7.35. The molecule has 18 heavy (non-hydrogen) atoms. The molecule has 1 aliphatic heterocycles. The highest BCUT2D eigenvalue weighted by Crippen LogP contribution is 2.22. The summed E-state index contributed by atoms with van der Waals surface area (Å²) in [5.74, 6) is 0. The van der Waals surface area contributed by atoms with Crippen molar-refractivity contribution in [2.45, 2.75) is 25.4 Å². The van der Waals surface area contributed by atoms with Crippen molar-refractivity contribution in [3.8, 4) is 0 Å². The number of benzene rings is 1. The van der Waals surface area contributed by atoms with Crippen LogP contribution in [0.2, 0.25) is 0 Å². The van der Waals surface area contributed by atoms with Crippen molar-refractivity contribution < 1.29 is 0 Å². The van der Waals surface area contributed by atoms with E-state index in [-0.39, 0.29) is 0 Å². The summed E-state index contributed by atoms with van der Waals surface area (Å²) < 4.78 is 1.06. The maximum absolute atomic E-state index is 3.97. The second-order valence-corrected chi connectivity index (χ2v) is 6.00. The largest absolute Gasteiger partial charge is 0.307 e. The number of hydrogen-bond acceptors (Lipinski definition) is 2. The van der Waals surface area contributed by atoms with E-state index in [1.54, 1.807) is 0 Å². The van der Waals surface area contributed by atoms with E-state index in [4.69, 9.17) is 0 Å². The van der Waals surface area contributed by atoms with E-state index in [1.807, 2.05) is 0 Å². The van der Waals surface area contributed by atoms with Crippen molar-refractivity contribution in [3.05, 3.63) is 47.0 Å². The number of halogens is 1. The molecule has 1 fully saturated rings. The smallest absolute Gasteiger partial charge is 0.0450 e. The normalized spacial score (nSPS) is 25.0. The average molecular weight is 309 g/mol. The van der Waals surface area contributed by atoms with Crippen LogP contribution in [0.5, 0.6) is 0 Å². The zero-order valence-electron chi connectivity index (χ0n) is 10.9. The summed E-state index contributed by atoms with van der Waals surface area (Å²) in [5.41, 5.74) is 1.37. The molecule has 0 aliphatic carbocycles. The van der Waals surface area contributed by atoms with Gasteiger partial charge in [0.2, 0.25) is 0 Å². The molecule has 0 bridgehead atoms. The molecule has 1 N–H and O–H groups in total. The fraction of sp³-hybridized carbons (Fsp3) is 0.467. The van der Waals surface area contributed by atoms with E-state index in [2.05, 4.69) is 70.0 Å². The van der Waals surface area contributed by atoms with Crippen molar-refractivity contribution in [1.29, 1.82) is 0 Å².